The molecule has 0 spiro atoms. The Morgan fingerprint density at radius 1 is 1.43 bits per heavy atom. The molecule has 1 aromatic carbocycles. The van der Waals surface area contributed by atoms with Crippen LogP contribution in [-0.4, -0.2) is 5.78 Å². The summed E-state index contributed by atoms with van der Waals surface area (Å²) in [5.41, 5.74) is 1.01. The van der Waals surface area contributed by atoms with Crippen LogP contribution in [0.25, 0.3) is 0 Å². The summed E-state index contributed by atoms with van der Waals surface area (Å²) in [7, 11) is 0. The second kappa shape index (κ2) is 3.56. The molecular formula is C11H10Cl2O. The molecule has 0 bridgehead atoms. The largest absolute Gasteiger partial charge is 0.300 e. The lowest BCUT2D eigenvalue weighted by Gasteiger charge is -2.03. The van der Waals surface area contributed by atoms with Crippen molar-refractivity contribution in [3.63, 3.8) is 0 Å². The zero-order valence-corrected chi connectivity index (χ0v) is 9.27. The number of Topliss-reactive ketones (excluding diaryl/α,β-unsaturated/α-hetero) is 1. The molecule has 3 heteroatoms. The van der Waals surface area contributed by atoms with Gasteiger partial charge in [-0.3, -0.25) is 4.79 Å². The van der Waals surface area contributed by atoms with Crippen molar-refractivity contribution in [2.24, 2.45) is 5.92 Å². The summed E-state index contributed by atoms with van der Waals surface area (Å²) >= 11 is 12.0. The van der Waals surface area contributed by atoms with E-state index in [1.807, 2.05) is 12.1 Å². The summed E-state index contributed by atoms with van der Waals surface area (Å²) < 4.78 is 0. The third-order valence-corrected chi connectivity index (χ3v) is 3.53. The number of ketones is 1. The van der Waals surface area contributed by atoms with Crippen molar-refractivity contribution in [2.45, 2.75) is 19.3 Å². The molecule has 0 unspecified atom stereocenters. The molecule has 2 atom stereocenters. The van der Waals surface area contributed by atoms with Crippen LogP contribution < -0.4 is 0 Å². The Kier molecular flexibility index (Phi) is 2.54. The third-order valence-electron chi connectivity index (χ3n) is 2.69. The SMILES string of the molecule is CC(=O)[C@@H]1C[C@@H]1c1cccc(Cl)c1Cl. The normalized spacial score (nSPS) is 24.8. The van der Waals surface area contributed by atoms with Gasteiger partial charge in [0.1, 0.15) is 5.78 Å². The number of hydrogen-bond donors (Lipinski definition) is 0. The van der Waals surface area contributed by atoms with Gasteiger partial charge in [-0.2, -0.15) is 0 Å². The Labute approximate surface area is 93.0 Å². The summed E-state index contributed by atoms with van der Waals surface area (Å²) in [5.74, 6) is 0.690. The molecule has 1 aliphatic rings. The van der Waals surface area contributed by atoms with Gasteiger partial charge in [-0.1, -0.05) is 35.3 Å². The van der Waals surface area contributed by atoms with Crippen molar-refractivity contribution < 1.29 is 4.79 Å². The van der Waals surface area contributed by atoms with E-state index in [0.29, 0.717) is 16.0 Å². The predicted octanol–water partition coefficient (Wildman–Crippen LogP) is 3.69. The standard InChI is InChI=1S/C11H10Cl2O/c1-6(14)8-5-9(8)7-3-2-4-10(12)11(7)13/h2-4,8-9H,5H2,1H3/t8-,9+/m0/s1. The lowest BCUT2D eigenvalue weighted by Crippen LogP contribution is -1.95. The third kappa shape index (κ3) is 1.67. The first-order valence-electron chi connectivity index (χ1n) is 4.55. The van der Waals surface area contributed by atoms with Crippen molar-refractivity contribution in [2.75, 3.05) is 0 Å². The molecule has 0 N–H and O–H groups in total. The quantitative estimate of drug-likeness (QED) is 0.755. The number of halogens is 2. The number of benzene rings is 1. The van der Waals surface area contributed by atoms with Crippen LogP contribution in [0.1, 0.15) is 24.8 Å². The van der Waals surface area contributed by atoms with E-state index in [2.05, 4.69) is 0 Å². The molecule has 0 saturated heterocycles. The van der Waals surface area contributed by atoms with E-state index in [1.54, 1.807) is 13.0 Å². The Balaban J connectivity index is 2.27. The highest BCUT2D eigenvalue weighted by Gasteiger charge is 2.42. The van der Waals surface area contributed by atoms with Crippen LogP contribution in [0.3, 0.4) is 0 Å². The molecule has 74 valence electrons. The molecule has 0 aromatic heterocycles. The molecule has 0 aliphatic heterocycles. The monoisotopic (exact) mass is 228 g/mol. The second-order valence-corrected chi connectivity index (χ2v) is 4.49. The topological polar surface area (TPSA) is 17.1 Å². The molecule has 0 amide bonds. The molecule has 14 heavy (non-hydrogen) atoms. The van der Waals surface area contributed by atoms with Crippen molar-refractivity contribution >= 4 is 29.0 Å². The van der Waals surface area contributed by atoms with E-state index in [4.69, 9.17) is 23.2 Å². The average molecular weight is 229 g/mol. The van der Waals surface area contributed by atoms with Crippen LogP contribution in [0.4, 0.5) is 0 Å². The second-order valence-electron chi connectivity index (χ2n) is 3.70. The van der Waals surface area contributed by atoms with Crippen LogP contribution in [-0.2, 0) is 4.79 Å². The number of carbonyl (C=O) groups excluding carboxylic acids is 1. The van der Waals surface area contributed by atoms with Gasteiger partial charge in [-0.05, 0) is 30.9 Å². The Bertz CT molecular complexity index is 387. The summed E-state index contributed by atoms with van der Waals surface area (Å²) in [6.45, 7) is 1.63. The lowest BCUT2D eigenvalue weighted by atomic mass is 10.1. The van der Waals surface area contributed by atoms with Gasteiger partial charge in [-0.25, -0.2) is 0 Å². The molecule has 0 radical (unpaired) electrons. The van der Waals surface area contributed by atoms with Crippen LogP contribution in [0, 0.1) is 5.92 Å². The van der Waals surface area contributed by atoms with Crippen LogP contribution >= 0.6 is 23.2 Å². The maximum absolute atomic E-state index is 11.1. The summed E-state index contributed by atoms with van der Waals surface area (Å²) in [5, 5.41) is 1.17. The van der Waals surface area contributed by atoms with E-state index >= 15 is 0 Å². The highest BCUT2D eigenvalue weighted by atomic mass is 35.5. The average Bonchev–Trinajstić information content (AvgIpc) is 2.89. The first kappa shape index (κ1) is 10.0. The molecule has 2 rings (SSSR count). The van der Waals surface area contributed by atoms with E-state index in [-0.39, 0.29) is 11.7 Å². The minimum Gasteiger partial charge on any atom is -0.300 e. The molecule has 1 nitrogen and oxygen atoms in total. The zero-order valence-electron chi connectivity index (χ0n) is 7.76. The van der Waals surface area contributed by atoms with Crippen LogP contribution in [0.5, 0.6) is 0 Å². The van der Waals surface area contributed by atoms with E-state index < -0.39 is 0 Å². The van der Waals surface area contributed by atoms with Gasteiger partial charge in [0.2, 0.25) is 0 Å². The number of rotatable bonds is 2. The highest BCUT2D eigenvalue weighted by molar-refractivity contribution is 6.42. The lowest BCUT2D eigenvalue weighted by molar-refractivity contribution is -0.118. The van der Waals surface area contributed by atoms with Gasteiger partial charge in [0, 0.05) is 5.92 Å². The van der Waals surface area contributed by atoms with Crippen molar-refractivity contribution in [1.29, 1.82) is 0 Å². The molecule has 1 saturated carbocycles. The first-order valence-corrected chi connectivity index (χ1v) is 5.31. The summed E-state index contributed by atoms with van der Waals surface area (Å²) in [4.78, 5) is 11.1. The minimum absolute atomic E-state index is 0.158. The van der Waals surface area contributed by atoms with Crippen LogP contribution in [0.15, 0.2) is 18.2 Å². The van der Waals surface area contributed by atoms with Crippen molar-refractivity contribution in [1.82, 2.24) is 0 Å². The fourth-order valence-electron chi connectivity index (χ4n) is 1.79. The van der Waals surface area contributed by atoms with Gasteiger partial charge in [0.25, 0.3) is 0 Å². The van der Waals surface area contributed by atoms with Gasteiger partial charge >= 0.3 is 0 Å². The van der Waals surface area contributed by atoms with E-state index in [9.17, 15) is 4.79 Å². The van der Waals surface area contributed by atoms with Gasteiger partial charge in [-0.15, -0.1) is 0 Å². The summed E-state index contributed by atoms with van der Waals surface area (Å²) in [6.07, 6.45) is 0.912. The highest BCUT2D eigenvalue weighted by Crippen LogP contribution is 2.50. The number of carbonyl (C=O) groups is 1. The van der Waals surface area contributed by atoms with Crippen molar-refractivity contribution in [3.8, 4) is 0 Å². The summed E-state index contributed by atoms with van der Waals surface area (Å²) in [6, 6.07) is 5.58. The molecule has 0 heterocycles. The fourth-order valence-corrected chi connectivity index (χ4v) is 2.24. The molecular weight excluding hydrogens is 219 g/mol. The molecule has 1 aromatic rings. The Morgan fingerprint density at radius 2 is 2.14 bits per heavy atom. The first-order chi connectivity index (χ1) is 6.61. The predicted molar refractivity (Wildman–Crippen MR) is 58.0 cm³/mol. The Hall–Kier alpha value is -0.530. The zero-order chi connectivity index (χ0) is 10.3. The molecule has 1 fully saturated rings. The maximum atomic E-state index is 11.1. The van der Waals surface area contributed by atoms with Crippen LogP contribution in [0.2, 0.25) is 10.0 Å². The minimum atomic E-state index is 0.158. The van der Waals surface area contributed by atoms with Gasteiger partial charge < -0.3 is 0 Å². The van der Waals surface area contributed by atoms with E-state index in [1.165, 1.54) is 0 Å². The Morgan fingerprint density at radius 3 is 2.71 bits per heavy atom. The van der Waals surface area contributed by atoms with Gasteiger partial charge in [0.05, 0.1) is 10.0 Å². The van der Waals surface area contributed by atoms with Gasteiger partial charge in [0.15, 0.2) is 0 Å². The fraction of sp³-hybridized carbons (Fsp3) is 0.364. The smallest absolute Gasteiger partial charge is 0.133 e. The van der Waals surface area contributed by atoms with Crippen molar-refractivity contribution in [3.05, 3.63) is 33.8 Å². The van der Waals surface area contributed by atoms with E-state index in [0.717, 1.165) is 12.0 Å². The number of hydrogen-bond acceptors (Lipinski definition) is 1. The maximum Gasteiger partial charge on any atom is 0.133 e. The molecule has 1 aliphatic carbocycles.